The van der Waals surface area contributed by atoms with Crippen molar-refractivity contribution in [3.8, 4) is 5.75 Å². The first-order chi connectivity index (χ1) is 22.6. The number of methoxy groups -OCH3 is 1. The van der Waals surface area contributed by atoms with Crippen LogP contribution >= 0.6 is 0 Å². The number of carbonyl (C=O) groups is 4. The molecule has 1 aromatic carbocycles. The molecule has 1 aliphatic carbocycles. The van der Waals surface area contributed by atoms with E-state index in [9.17, 15) is 19.2 Å². The van der Waals surface area contributed by atoms with Crippen molar-refractivity contribution in [2.45, 2.75) is 104 Å². The van der Waals surface area contributed by atoms with E-state index in [-0.39, 0.29) is 55.2 Å². The summed E-state index contributed by atoms with van der Waals surface area (Å²) < 4.78 is 22.7. The van der Waals surface area contributed by atoms with E-state index < -0.39 is 29.1 Å². The second-order valence-electron chi connectivity index (χ2n) is 15.0. The predicted molar refractivity (Wildman–Crippen MR) is 183 cm³/mol. The Balaban J connectivity index is 1.64. The van der Waals surface area contributed by atoms with Crippen molar-refractivity contribution in [1.82, 2.24) is 10.2 Å². The van der Waals surface area contributed by atoms with E-state index in [1.807, 2.05) is 39.0 Å². The molecular formula is C36H56N4O8. The Kier molecular flexibility index (Phi) is 12.0. The van der Waals surface area contributed by atoms with Gasteiger partial charge in [0.15, 0.2) is 5.60 Å². The number of rotatable bonds is 13. The summed E-state index contributed by atoms with van der Waals surface area (Å²) in [6.45, 7) is 17.0. The zero-order valence-corrected chi connectivity index (χ0v) is 30.3. The Morgan fingerprint density at radius 2 is 1.81 bits per heavy atom. The SMILES string of the molecule is CCOC[C@H](NC(=O)[C@H]1C[C@@H](C(=O)N(c2ccc3c(c2)N(CCCOC)C(=O)C(C)(C)O3)C2CC2)CN(C(=O)OC(C)(C)C)C1)C(C)C. The van der Waals surface area contributed by atoms with Crippen LogP contribution in [0, 0.1) is 17.8 Å². The minimum Gasteiger partial charge on any atom is -0.476 e. The lowest BCUT2D eigenvalue weighted by atomic mass is 9.87. The number of piperidine rings is 1. The van der Waals surface area contributed by atoms with Gasteiger partial charge < -0.3 is 39.0 Å². The van der Waals surface area contributed by atoms with Crippen molar-refractivity contribution < 1.29 is 38.1 Å². The van der Waals surface area contributed by atoms with Gasteiger partial charge in [0.1, 0.15) is 11.4 Å². The lowest BCUT2D eigenvalue weighted by molar-refractivity contribution is -0.133. The van der Waals surface area contributed by atoms with E-state index in [1.54, 1.807) is 51.5 Å². The number of ether oxygens (including phenoxy) is 4. The van der Waals surface area contributed by atoms with Crippen LogP contribution in [0.2, 0.25) is 0 Å². The molecule has 12 heteroatoms. The van der Waals surface area contributed by atoms with Crippen molar-refractivity contribution in [1.29, 1.82) is 0 Å². The van der Waals surface area contributed by atoms with Crippen LogP contribution in [0.1, 0.15) is 81.1 Å². The number of hydrogen-bond acceptors (Lipinski definition) is 8. The smallest absolute Gasteiger partial charge is 0.410 e. The highest BCUT2D eigenvalue weighted by atomic mass is 16.6. The summed E-state index contributed by atoms with van der Waals surface area (Å²) in [6, 6.07) is 5.30. The lowest BCUT2D eigenvalue weighted by Crippen LogP contribution is -2.55. The minimum atomic E-state index is -1.03. The fourth-order valence-corrected chi connectivity index (χ4v) is 6.23. The van der Waals surface area contributed by atoms with Crippen LogP contribution in [0.3, 0.4) is 0 Å². The molecular weight excluding hydrogens is 616 g/mol. The summed E-state index contributed by atoms with van der Waals surface area (Å²) in [4.78, 5) is 60.2. The zero-order valence-electron chi connectivity index (χ0n) is 30.3. The molecule has 0 unspecified atom stereocenters. The number of anilines is 2. The Labute approximate surface area is 285 Å². The Bertz CT molecular complexity index is 1320. The van der Waals surface area contributed by atoms with Crippen molar-refractivity contribution in [3.05, 3.63) is 18.2 Å². The molecule has 48 heavy (non-hydrogen) atoms. The third kappa shape index (κ3) is 9.19. The average Bonchev–Trinajstić information content (AvgIpc) is 3.85. The van der Waals surface area contributed by atoms with Crippen LogP contribution in [0.5, 0.6) is 5.75 Å². The number of hydrogen-bond donors (Lipinski definition) is 1. The van der Waals surface area contributed by atoms with Crippen molar-refractivity contribution in [2.24, 2.45) is 17.8 Å². The number of nitrogens with one attached hydrogen (secondary N) is 1. The van der Waals surface area contributed by atoms with E-state index in [0.717, 1.165) is 12.8 Å². The standard InChI is InChI=1S/C36H56N4O8/c1-10-46-22-28(23(2)3)37-31(41)24-18-25(21-38(20-24)34(44)48-35(4,5)6)32(42)40(26-12-13-26)27-14-15-30-29(19-27)39(16-11-17-45-9)33(43)36(7,8)47-30/h14-15,19,23-26,28H,10-13,16-18,20-22H2,1-9H3,(H,37,41)/t24-,25+,28-/m0/s1. The van der Waals surface area contributed by atoms with Gasteiger partial charge in [-0.15, -0.1) is 0 Å². The molecule has 0 aromatic heterocycles. The molecule has 4 rings (SSSR count). The molecule has 3 atom stereocenters. The van der Waals surface area contributed by atoms with E-state index in [2.05, 4.69) is 5.32 Å². The molecule has 2 fully saturated rings. The Morgan fingerprint density at radius 3 is 2.42 bits per heavy atom. The predicted octanol–water partition coefficient (Wildman–Crippen LogP) is 4.77. The van der Waals surface area contributed by atoms with Gasteiger partial charge in [-0.25, -0.2) is 4.79 Å². The molecule has 12 nitrogen and oxygen atoms in total. The van der Waals surface area contributed by atoms with Crippen LogP contribution in [0.15, 0.2) is 18.2 Å². The number of nitrogens with zero attached hydrogens (tertiary/aromatic N) is 3. The van der Waals surface area contributed by atoms with E-state index in [1.165, 1.54) is 4.90 Å². The van der Waals surface area contributed by atoms with Gasteiger partial charge in [-0.05, 0) is 91.3 Å². The third-order valence-electron chi connectivity index (χ3n) is 8.97. The topological polar surface area (TPSA) is 127 Å². The third-order valence-corrected chi connectivity index (χ3v) is 8.97. The van der Waals surface area contributed by atoms with Gasteiger partial charge in [-0.3, -0.25) is 14.4 Å². The second kappa shape index (κ2) is 15.4. The van der Waals surface area contributed by atoms with Crippen LogP contribution in [0.4, 0.5) is 16.2 Å². The van der Waals surface area contributed by atoms with Gasteiger partial charge >= 0.3 is 6.09 Å². The molecule has 1 aromatic rings. The Morgan fingerprint density at radius 1 is 1.12 bits per heavy atom. The van der Waals surface area contributed by atoms with Crippen molar-refractivity contribution in [2.75, 3.05) is 56.4 Å². The second-order valence-corrected chi connectivity index (χ2v) is 15.0. The summed E-state index contributed by atoms with van der Waals surface area (Å²) >= 11 is 0. The first-order valence-electron chi connectivity index (χ1n) is 17.4. The number of amides is 4. The highest BCUT2D eigenvalue weighted by Gasteiger charge is 2.45. The molecule has 1 saturated heterocycles. The summed E-state index contributed by atoms with van der Waals surface area (Å²) in [5.74, 6) is -1.08. The van der Waals surface area contributed by atoms with Crippen LogP contribution < -0.4 is 19.9 Å². The number of carbonyl (C=O) groups excluding carboxylic acids is 4. The average molecular weight is 673 g/mol. The molecule has 268 valence electrons. The monoisotopic (exact) mass is 672 g/mol. The maximum Gasteiger partial charge on any atom is 0.410 e. The zero-order chi connectivity index (χ0) is 35.4. The number of fused-ring (bicyclic) bond motifs is 1. The normalized spacial score (nSPS) is 21.3. The number of benzene rings is 1. The minimum absolute atomic E-state index is 0.0187. The fourth-order valence-electron chi connectivity index (χ4n) is 6.23. The van der Waals surface area contributed by atoms with Gasteiger partial charge in [-0.1, -0.05) is 13.8 Å². The van der Waals surface area contributed by atoms with Gasteiger partial charge in [0.2, 0.25) is 11.8 Å². The molecule has 2 heterocycles. The molecule has 0 radical (unpaired) electrons. The van der Waals surface area contributed by atoms with Crippen LogP contribution in [-0.2, 0) is 28.6 Å². The van der Waals surface area contributed by atoms with E-state index in [0.29, 0.717) is 49.9 Å². The molecule has 0 spiro atoms. The molecule has 1 saturated carbocycles. The maximum atomic E-state index is 14.6. The van der Waals surface area contributed by atoms with E-state index in [4.69, 9.17) is 18.9 Å². The molecule has 3 aliphatic rings. The molecule has 1 N–H and O–H groups in total. The van der Waals surface area contributed by atoms with Crippen LogP contribution in [-0.4, -0.2) is 98.6 Å². The summed E-state index contributed by atoms with van der Waals surface area (Å²) in [5.41, 5.74) is -0.510. The van der Waals surface area contributed by atoms with Gasteiger partial charge in [0.25, 0.3) is 5.91 Å². The highest BCUT2D eigenvalue weighted by Crippen LogP contribution is 2.43. The van der Waals surface area contributed by atoms with Crippen LogP contribution in [0.25, 0.3) is 0 Å². The number of likely N-dealkylation sites (tertiary alicyclic amines) is 1. The van der Waals surface area contributed by atoms with Gasteiger partial charge in [-0.2, -0.15) is 0 Å². The highest BCUT2D eigenvalue weighted by molar-refractivity contribution is 6.04. The quantitative estimate of drug-likeness (QED) is 0.297. The van der Waals surface area contributed by atoms with Gasteiger partial charge in [0.05, 0.1) is 30.2 Å². The maximum absolute atomic E-state index is 14.6. The van der Waals surface area contributed by atoms with Crippen molar-refractivity contribution >= 4 is 35.2 Å². The fraction of sp³-hybridized carbons (Fsp3) is 0.722. The summed E-state index contributed by atoms with van der Waals surface area (Å²) in [6.07, 6.45) is 2.05. The van der Waals surface area contributed by atoms with Gasteiger partial charge in [0, 0.05) is 51.7 Å². The van der Waals surface area contributed by atoms with Crippen molar-refractivity contribution in [3.63, 3.8) is 0 Å². The molecule has 4 amide bonds. The Hall–Kier alpha value is -3.38. The molecule has 2 aliphatic heterocycles. The summed E-state index contributed by atoms with van der Waals surface area (Å²) in [7, 11) is 1.63. The molecule has 0 bridgehead atoms. The first-order valence-corrected chi connectivity index (χ1v) is 17.4. The largest absolute Gasteiger partial charge is 0.476 e. The first kappa shape index (κ1) is 37.4. The summed E-state index contributed by atoms with van der Waals surface area (Å²) in [5, 5.41) is 3.13. The van der Waals surface area contributed by atoms with E-state index >= 15 is 0 Å². The lowest BCUT2D eigenvalue weighted by Gasteiger charge is -2.41.